The number of piperidine rings is 1. The molecule has 47 heavy (non-hydrogen) atoms. The molecule has 2 aliphatic heterocycles. The molecule has 11 nitrogen and oxygen atoms in total. The number of aromatic nitrogens is 2. The zero-order valence-corrected chi connectivity index (χ0v) is 26.8. The van der Waals surface area contributed by atoms with Gasteiger partial charge in [-0.2, -0.15) is 0 Å². The Bertz CT molecular complexity index is 1830. The normalized spacial score (nSPS) is 18.0. The quantitative estimate of drug-likeness (QED) is 0.139. The van der Waals surface area contributed by atoms with Crippen molar-refractivity contribution < 1.29 is 28.5 Å². The molecule has 2 aliphatic rings. The van der Waals surface area contributed by atoms with E-state index in [0.717, 1.165) is 49.2 Å². The minimum Gasteiger partial charge on any atom is -0.478 e. The number of likely N-dealkylation sites (tertiary alicyclic amines) is 1. The standard InChI is InChI=1S/C35H39FN6O5/c1-22-7-9-26(27(36)17-22)35(2)46-30-6-4-5-25(33(30)47-35)23-11-13-40(14-12-23)20-32-39-28-10-8-24(34(43)44)18-29(28)42(32)19-31(38)41(21-37)15-16-45-3/h4-10,17-18,21,23,37-38H,11-16,19-20H2,1-3H3,(H,43,44). The van der Waals surface area contributed by atoms with Crippen LogP contribution in [-0.4, -0.2) is 76.0 Å². The number of carboxylic acid groups (broad SMARTS) is 1. The molecule has 0 aliphatic carbocycles. The minimum absolute atomic E-state index is 0.123. The van der Waals surface area contributed by atoms with Crippen LogP contribution in [0.15, 0.2) is 54.6 Å². The van der Waals surface area contributed by atoms with Gasteiger partial charge in [0.05, 0.1) is 48.2 Å². The van der Waals surface area contributed by atoms with Crippen molar-refractivity contribution in [2.75, 3.05) is 33.4 Å². The summed E-state index contributed by atoms with van der Waals surface area (Å²) in [7, 11) is 1.57. The lowest BCUT2D eigenvalue weighted by Gasteiger charge is -2.32. The Labute approximate surface area is 272 Å². The molecular weight excluding hydrogens is 603 g/mol. The molecule has 1 unspecified atom stereocenters. The molecule has 1 atom stereocenters. The summed E-state index contributed by atoms with van der Waals surface area (Å²) in [6.07, 6.45) is 2.81. The molecule has 246 valence electrons. The number of hydrogen-bond acceptors (Lipinski definition) is 8. The smallest absolute Gasteiger partial charge is 0.335 e. The molecule has 0 bridgehead atoms. The number of nitrogens with one attached hydrogen (secondary N) is 2. The van der Waals surface area contributed by atoms with Crippen LogP contribution in [0.3, 0.4) is 0 Å². The van der Waals surface area contributed by atoms with Gasteiger partial charge in [0.2, 0.25) is 0 Å². The first-order valence-corrected chi connectivity index (χ1v) is 15.7. The van der Waals surface area contributed by atoms with Crippen molar-refractivity contribution in [3.63, 3.8) is 0 Å². The Balaban J connectivity index is 1.19. The second-order valence-corrected chi connectivity index (χ2v) is 12.2. The van der Waals surface area contributed by atoms with E-state index in [0.29, 0.717) is 47.8 Å². The van der Waals surface area contributed by atoms with E-state index < -0.39 is 11.8 Å². The monoisotopic (exact) mass is 642 g/mol. The van der Waals surface area contributed by atoms with Crippen molar-refractivity contribution in [3.05, 3.63) is 88.5 Å². The summed E-state index contributed by atoms with van der Waals surface area (Å²) in [6, 6.07) is 15.7. The van der Waals surface area contributed by atoms with Crippen molar-refractivity contribution in [1.82, 2.24) is 19.4 Å². The number of nitrogens with zero attached hydrogens (tertiary/aromatic N) is 4. The number of halogens is 1. The number of benzene rings is 3. The van der Waals surface area contributed by atoms with E-state index in [1.54, 1.807) is 32.2 Å². The number of imidazole rings is 1. The van der Waals surface area contributed by atoms with Crippen LogP contribution < -0.4 is 9.47 Å². The van der Waals surface area contributed by atoms with E-state index >= 15 is 0 Å². The predicted molar refractivity (Wildman–Crippen MR) is 175 cm³/mol. The third-order valence-corrected chi connectivity index (χ3v) is 9.04. The van der Waals surface area contributed by atoms with Gasteiger partial charge in [0.1, 0.15) is 17.5 Å². The Morgan fingerprint density at radius 3 is 2.68 bits per heavy atom. The maximum absolute atomic E-state index is 14.9. The lowest BCUT2D eigenvalue weighted by Crippen LogP contribution is -2.36. The van der Waals surface area contributed by atoms with Crippen LogP contribution in [-0.2, 0) is 23.6 Å². The zero-order chi connectivity index (χ0) is 33.3. The van der Waals surface area contributed by atoms with Crippen molar-refractivity contribution in [1.29, 1.82) is 10.8 Å². The number of carbonyl (C=O) groups is 1. The van der Waals surface area contributed by atoms with Gasteiger partial charge in [0.25, 0.3) is 5.79 Å². The number of ether oxygens (including phenoxy) is 3. The first-order chi connectivity index (χ1) is 22.6. The molecular formula is C35H39FN6O5. The van der Waals surface area contributed by atoms with E-state index in [4.69, 9.17) is 30.0 Å². The van der Waals surface area contributed by atoms with Gasteiger partial charge in [-0.05, 0) is 80.7 Å². The topological polar surface area (TPSA) is 137 Å². The second kappa shape index (κ2) is 13.1. The fourth-order valence-corrected chi connectivity index (χ4v) is 6.48. The van der Waals surface area contributed by atoms with Gasteiger partial charge >= 0.3 is 5.97 Å². The number of methoxy groups -OCH3 is 1. The number of aromatic carboxylic acids is 1. The molecule has 6 rings (SSSR count). The summed E-state index contributed by atoms with van der Waals surface area (Å²) in [5.41, 5.74) is 3.64. The molecule has 1 saturated heterocycles. The predicted octanol–water partition coefficient (Wildman–Crippen LogP) is 5.74. The van der Waals surface area contributed by atoms with Crippen molar-refractivity contribution in [2.24, 2.45) is 0 Å². The van der Waals surface area contributed by atoms with Crippen molar-refractivity contribution in [3.8, 4) is 11.5 Å². The first kappa shape index (κ1) is 32.1. The molecule has 1 aromatic heterocycles. The van der Waals surface area contributed by atoms with E-state index in [-0.39, 0.29) is 29.7 Å². The van der Waals surface area contributed by atoms with Gasteiger partial charge in [-0.1, -0.05) is 18.2 Å². The summed E-state index contributed by atoms with van der Waals surface area (Å²) in [6.45, 7) is 6.49. The molecule has 3 aromatic carbocycles. The average molecular weight is 643 g/mol. The summed E-state index contributed by atoms with van der Waals surface area (Å²) in [5.74, 6) is -0.295. The number of hydrogen-bond donors (Lipinski definition) is 3. The van der Waals surface area contributed by atoms with Crippen LogP contribution in [0.2, 0.25) is 0 Å². The zero-order valence-electron chi connectivity index (χ0n) is 26.8. The van der Waals surface area contributed by atoms with E-state index in [1.165, 1.54) is 17.0 Å². The minimum atomic E-state index is -1.26. The van der Waals surface area contributed by atoms with Crippen molar-refractivity contribution >= 4 is 29.2 Å². The first-order valence-electron chi connectivity index (χ1n) is 15.7. The van der Waals surface area contributed by atoms with Crippen LogP contribution in [0.1, 0.15) is 58.6 Å². The van der Waals surface area contributed by atoms with Gasteiger partial charge in [-0.25, -0.2) is 14.2 Å². The molecule has 3 heterocycles. The van der Waals surface area contributed by atoms with Crippen LogP contribution >= 0.6 is 0 Å². The van der Waals surface area contributed by atoms with Gasteiger partial charge in [-0.3, -0.25) is 15.7 Å². The third-order valence-electron chi connectivity index (χ3n) is 9.04. The maximum atomic E-state index is 14.9. The lowest BCUT2D eigenvalue weighted by atomic mass is 9.88. The van der Waals surface area contributed by atoms with E-state index in [1.807, 2.05) is 29.7 Å². The summed E-state index contributed by atoms with van der Waals surface area (Å²) >= 11 is 0. The van der Waals surface area contributed by atoms with Gasteiger partial charge in [0, 0.05) is 26.1 Å². The van der Waals surface area contributed by atoms with E-state index in [2.05, 4.69) is 11.0 Å². The second-order valence-electron chi connectivity index (χ2n) is 12.2. The lowest BCUT2D eigenvalue weighted by molar-refractivity contribution is -0.0712. The molecule has 0 spiro atoms. The number of amidine groups is 1. The van der Waals surface area contributed by atoms with Gasteiger partial charge in [-0.15, -0.1) is 0 Å². The molecule has 0 amide bonds. The van der Waals surface area contributed by atoms with Crippen molar-refractivity contribution in [2.45, 2.75) is 51.5 Å². The summed E-state index contributed by atoms with van der Waals surface area (Å²) in [5, 5.41) is 26.1. The molecule has 4 aromatic rings. The summed E-state index contributed by atoms with van der Waals surface area (Å²) in [4.78, 5) is 20.4. The highest BCUT2D eigenvalue weighted by Crippen LogP contribution is 2.49. The summed E-state index contributed by atoms with van der Waals surface area (Å²) < 4.78 is 34.6. The molecule has 1 fully saturated rings. The Hall–Kier alpha value is -4.81. The fourth-order valence-electron chi connectivity index (χ4n) is 6.48. The average Bonchev–Trinajstić information content (AvgIpc) is 3.58. The Kier molecular flexibility index (Phi) is 8.98. The largest absolute Gasteiger partial charge is 0.478 e. The highest BCUT2D eigenvalue weighted by atomic mass is 19.1. The van der Waals surface area contributed by atoms with Gasteiger partial charge in [0.15, 0.2) is 11.5 Å². The molecule has 12 heteroatoms. The molecule has 3 N–H and O–H groups in total. The third kappa shape index (κ3) is 6.43. The number of para-hydroxylation sites is 1. The molecule has 0 radical (unpaired) electrons. The van der Waals surface area contributed by atoms with Crippen LogP contribution in [0, 0.1) is 23.6 Å². The Morgan fingerprint density at radius 1 is 1.19 bits per heavy atom. The van der Waals surface area contributed by atoms with Crippen LogP contribution in [0.4, 0.5) is 4.39 Å². The van der Waals surface area contributed by atoms with Gasteiger partial charge < -0.3 is 28.8 Å². The van der Waals surface area contributed by atoms with Crippen LogP contribution in [0.5, 0.6) is 11.5 Å². The highest BCUT2D eigenvalue weighted by molar-refractivity contribution is 5.94. The number of carboxylic acids is 1. The van der Waals surface area contributed by atoms with E-state index in [9.17, 15) is 14.3 Å². The SMILES string of the molecule is COCCN(C=N)C(=N)Cn1c(CN2CCC(c3cccc4c3OC(C)(c3ccc(C)cc3F)O4)CC2)nc2ccc(C(=O)O)cc21. The van der Waals surface area contributed by atoms with Crippen LogP contribution in [0.25, 0.3) is 11.0 Å². The maximum Gasteiger partial charge on any atom is 0.335 e. The fraction of sp³-hybridized carbons (Fsp3) is 0.371. The highest BCUT2D eigenvalue weighted by Gasteiger charge is 2.43. The number of fused-ring (bicyclic) bond motifs is 2. The Morgan fingerprint density at radius 2 is 1.98 bits per heavy atom. The molecule has 0 saturated carbocycles. The number of rotatable bonds is 11. The number of aryl methyl sites for hydroxylation is 1.